The number of carbonyl (C=O) groups is 1. The Morgan fingerprint density at radius 2 is 1.65 bits per heavy atom. The highest BCUT2D eigenvalue weighted by molar-refractivity contribution is 5.85. The number of benzene rings is 2. The normalized spacial score (nSPS) is 23.2. The molecule has 0 bridgehead atoms. The molecule has 2 aromatic carbocycles. The van der Waals surface area contributed by atoms with E-state index in [-0.39, 0.29) is 29.1 Å². The molecule has 1 saturated carbocycles. The number of nitrogen functional groups attached to an aromatic ring is 1. The molecule has 5 rings (SSSR count). The van der Waals surface area contributed by atoms with Crippen molar-refractivity contribution in [3.8, 4) is 11.3 Å². The molecule has 1 fully saturated rings. The number of rotatable bonds is 5. The number of nitrogens with zero attached hydrogens (tertiary/aromatic N) is 3. The van der Waals surface area contributed by atoms with Gasteiger partial charge in [0.05, 0.1) is 11.5 Å². The first-order valence-electron chi connectivity index (χ1n) is 13.1. The van der Waals surface area contributed by atoms with Gasteiger partial charge in [0.15, 0.2) is 0 Å². The Morgan fingerprint density at radius 3 is 2.25 bits per heavy atom. The third kappa shape index (κ3) is 4.81. The molecule has 0 radical (unpaired) electrons. The zero-order valence-electron chi connectivity index (χ0n) is 22.4. The number of nitrogens with two attached hydrogens (primary N) is 1. The molecule has 0 amide bonds. The predicted octanol–water partition coefficient (Wildman–Crippen LogP) is 6.10. The van der Waals surface area contributed by atoms with Crippen LogP contribution in [-0.2, 0) is 16.6 Å². The van der Waals surface area contributed by atoms with Gasteiger partial charge in [0.25, 0.3) is 0 Å². The van der Waals surface area contributed by atoms with Crippen LogP contribution < -0.4 is 5.73 Å². The Morgan fingerprint density at radius 1 is 1.02 bits per heavy atom. The van der Waals surface area contributed by atoms with Gasteiger partial charge in [-0.1, -0.05) is 50.2 Å². The van der Waals surface area contributed by atoms with Crippen LogP contribution in [0.4, 0.5) is 19.0 Å². The van der Waals surface area contributed by atoms with Crippen LogP contribution >= 0.6 is 0 Å². The summed E-state index contributed by atoms with van der Waals surface area (Å²) in [7, 11) is 0. The molecule has 1 aliphatic rings. The molecule has 7 nitrogen and oxygen atoms in total. The second-order valence-corrected chi connectivity index (χ2v) is 11.1. The van der Waals surface area contributed by atoms with E-state index in [2.05, 4.69) is 4.98 Å². The van der Waals surface area contributed by atoms with E-state index in [0.29, 0.717) is 35.2 Å². The first-order valence-corrected chi connectivity index (χ1v) is 13.1. The summed E-state index contributed by atoms with van der Waals surface area (Å²) in [5, 5.41) is 20.9. The van der Waals surface area contributed by atoms with Crippen molar-refractivity contribution in [2.45, 2.75) is 51.3 Å². The van der Waals surface area contributed by atoms with E-state index in [1.54, 1.807) is 36.7 Å². The summed E-state index contributed by atoms with van der Waals surface area (Å²) in [6.45, 7) is 5.38. The second-order valence-electron chi connectivity index (χ2n) is 11.1. The average Bonchev–Trinajstić information content (AvgIpc) is 3.29. The number of hydrogen-bond acceptors (Lipinski definition) is 5. The lowest BCUT2D eigenvalue weighted by Gasteiger charge is -2.36. The third-order valence-corrected chi connectivity index (χ3v) is 8.27. The second kappa shape index (κ2) is 9.92. The zero-order chi connectivity index (χ0) is 29.0. The molecule has 0 saturated heterocycles. The number of imidazole rings is 1. The number of fused-ring (bicyclic) bond motifs is 1. The molecule has 4 N–H and O–H groups in total. The third-order valence-electron chi connectivity index (χ3n) is 8.27. The van der Waals surface area contributed by atoms with Crippen LogP contribution in [0.15, 0.2) is 60.9 Å². The van der Waals surface area contributed by atoms with Crippen molar-refractivity contribution in [1.82, 2.24) is 14.4 Å². The highest BCUT2D eigenvalue weighted by Crippen LogP contribution is 2.44. The van der Waals surface area contributed by atoms with Gasteiger partial charge in [-0.3, -0.25) is 9.20 Å². The van der Waals surface area contributed by atoms with Crippen LogP contribution in [0, 0.1) is 17.8 Å². The molecule has 0 spiro atoms. The molecular weight excluding hydrogens is 521 g/mol. The fourth-order valence-corrected chi connectivity index (χ4v) is 6.24. The Bertz CT molecular complexity index is 1550. The number of alkyl halides is 3. The standard InChI is InChI=1S/C30H31F3N4O3/c1-16-13-19(14-17(2)23(16)28(38)39)27-36-24(25-26(34)35-11-12-37(25)27)18-7-9-20(10-8-18)29(3,40)21-5-4-6-22(15-21)30(31,32)33/h4-12,15-17,19,23,40H,13-14H2,1-3H3,(H2,34,35)(H,38,39)/t16-,17+,19+,23+,29-/m1/s1. The first kappa shape index (κ1) is 27.6. The Balaban J connectivity index is 1.52. The monoisotopic (exact) mass is 552 g/mol. The van der Waals surface area contributed by atoms with Crippen molar-refractivity contribution >= 4 is 17.3 Å². The fourth-order valence-electron chi connectivity index (χ4n) is 6.24. The van der Waals surface area contributed by atoms with Crippen molar-refractivity contribution in [3.63, 3.8) is 0 Å². The van der Waals surface area contributed by atoms with Gasteiger partial charge in [-0.05, 0) is 54.9 Å². The topological polar surface area (TPSA) is 114 Å². The van der Waals surface area contributed by atoms with Gasteiger partial charge in [-0.25, -0.2) is 9.97 Å². The van der Waals surface area contributed by atoms with Crippen LogP contribution in [0.1, 0.15) is 62.0 Å². The number of halogens is 3. The van der Waals surface area contributed by atoms with Gasteiger partial charge in [0.1, 0.15) is 28.5 Å². The number of anilines is 1. The number of aliphatic carboxylic acids is 1. The highest BCUT2D eigenvalue weighted by Gasteiger charge is 2.40. The summed E-state index contributed by atoms with van der Waals surface area (Å²) in [5.74, 6) is -0.160. The SMILES string of the molecule is C[C@@H]1C[C@H](c2nc(-c3ccc([C@@](C)(O)c4cccc(C(F)(F)F)c4)cc3)c3c(N)nccn23)C[C@H](C)[C@H]1C(=O)O. The minimum atomic E-state index is -4.52. The summed E-state index contributed by atoms with van der Waals surface area (Å²) in [6, 6.07) is 11.5. The zero-order valence-corrected chi connectivity index (χ0v) is 22.4. The summed E-state index contributed by atoms with van der Waals surface area (Å²) >= 11 is 0. The predicted molar refractivity (Wildman–Crippen MR) is 144 cm³/mol. The number of aromatic nitrogens is 3. The lowest BCUT2D eigenvalue weighted by atomic mass is 9.69. The van der Waals surface area contributed by atoms with E-state index < -0.39 is 29.2 Å². The van der Waals surface area contributed by atoms with E-state index in [4.69, 9.17) is 10.7 Å². The quantitative estimate of drug-likeness (QED) is 0.276. The van der Waals surface area contributed by atoms with Crippen molar-refractivity contribution < 1.29 is 28.2 Å². The molecular formula is C30H31F3N4O3. The van der Waals surface area contributed by atoms with E-state index in [1.165, 1.54) is 19.1 Å². The Hall–Kier alpha value is -3.92. The van der Waals surface area contributed by atoms with Gasteiger partial charge < -0.3 is 15.9 Å². The minimum absolute atomic E-state index is 0.0181. The minimum Gasteiger partial charge on any atom is -0.481 e. The molecule has 5 atom stereocenters. The summed E-state index contributed by atoms with van der Waals surface area (Å²) in [5.41, 5.74) is 6.25. The lowest BCUT2D eigenvalue weighted by Crippen LogP contribution is -2.35. The first-order chi connectivity index (χ1) is 18.8. The van der Waals surface area contributed by atoms with Crippen LogP contribution in [0.3, 0.4) is 0 Å². The maximum Gasteiger partial charge on any atom is 0.416 e. The van der Waals surface area contributed by atoms with Crippen LogP contribution in [0.2, 0.25) is 0 Å². The van der Waals surface area contributed by atoms with E-state index in [1.807, 2.05) is 18.2 Å². The van der Waals surface area contributed by atoms with Gasteiger partial charge in [-0.15, -0.1) is 0 Å². The number of hydrogen-bond donors (Lipinski definition) is 3. The largest absolute Gasteiger partial charge is 0.481 e. The molecule has 40 heavy (non-hydrogen) atoms. The molecule has 0 unspecified atom stereocenters. The van der Waals surface area contributed by atoms with Gasteiger partial charge >= 0.3 is 12.1 Å². The Kier molecular flexibility index (Phi) is 6.86. The van der Waals surface area contributed by atoms with Crippen molar-refractivity contribution in [1.29, 1.82) is 0 Å². The van der Waals surface area contributed by atoms with Crippen LogP contribution in [0.25, 0.3) is 16.8 Å². The Labute approximate surface area is 229 Å². The van der Waals surface area contributed by atoms with Crippen molar-refractivity contribution in [2.24, 2.45) is 17.8 Å². The lowest BCUT2D eigenvalue weighted by molar-refractivity contribution is -0.147. The molecule has 4 aromatic rings. The molecule has 10 heteroatoms. The van der Waals surface area contributed by atoms with Crippen molar-refractivity contribution in [3.05, 3.63) is 83.4 Å². The summed E-state index contributed by atoms with van der Waals surface area (Å²) in [4.78, 5) is 21.0. The van der Waals surface area contributed by atoms with E-state index in [9.17, 15) is 28.2 Å². The van der Waals surface area contributed by atoms with Gasteiger partial charge in [-0.2, -0.15) is 13.2 Å². The number of carboxylic acids is 1. The van der Waals surface area contributed by atoms with E-state index >= 15 is 0 Å². The van der Waals surface area contributed by atoms with Crippen LogP contribution in [-0.4, -0.2) is 30.6 Å². The number of carboxylic acid groups (broad SMARTS) is 1. The average molecular weight is 553 g/mol. The highest BCUT2D eigenvalue weighted by atomic mass is 19.4. The van der Waals surface area contributed by atoms with Gasteiger partial charge in [0.2, 0.25) is 0 Å². The number of aliphatic hydroxyl groups is 1. The smallest absolute Gasteiger partial charge is 0.416 e. The van der Waals surface area contributed by atoms with Crippen molar-refractivity contribution in [2.75, 3.05) is 5.73 Å². The fraction of sp³-hybridized carbons (Fsp3) is 0.367. The van der Waals surface area contributed by atoms with Gasteiger partial charge in [0, 0.05) is 23.9 Å². The maximum absolute atomic E-state index is 13.3. The molecule has 2 heterocycles. The molecule has 2 aromatic heterocycles. The summed E-state index contributed by atoms with van der Waals surface area (Å²) < 4.78 is 41.7. The maximum atomic E-state index is 13.3. The van der Waals surface area contributed by atoms with Crippen LogP contribution in [0.5, 0.6) is 0 Å². The summed E-state index contributed by atoms with van der Waals surface area (Å²) in [6.07, 6.45) is 0.208. The molecule has 210 valence electrons. The van der Waals surface area contributed by atoms with E-state index in [0.717, 1.165) is 18.0 Å². The molecule has 0 aliphatic heterocycles. The molecule has 1 aliphatic carbocycles.